The molecule has 1 aromatic heterocycles. The summed E-state index contributed by atoms with van der Waals surface area (Å²) in [6.45, 7) is 1.03. The molecule has 2 aromatic carbocycles. The average molecular weight is 477 g/mol. The zero-order valence-electron chi connectivity index (χ0n) is 19.2. The van der Waals surface area contributed by atoms with E-state index in [1.165, 1.54) is 4.88 Å². The summed E-state index contributed by atoms with van der Waals surface area (Å²) in [6.07, 6.45) is 2.71. The number of methoxy groups -OCH3 is 1. The second-order valence-electron chi connectivity index (χ2n) is 8.64. The number of fused-ring (bicyclic) bond motifs is 1. The van der Waals surface area contributed by atoms with Gasteiger partial charge in [-0.1, -0.05) is 30.3 Å². The third-order valence-electron chi connectivity index (χ3n) is 6.46. The molecular weight excluding hydrogens is 448 g/mol. The van der Waals surface area contributed by atoms with Crippen molar-refractivity contribution in [3.8, 4) is 11.5 Å². The third kappa shape index (κ3) is 4.66. The van der Waals surface area contributed by atoms with Crippen LogP contribution >= 0.6 is 11.3 Å². The number of thiophene rings is 1. The number of carbonyl (C=O) groups is 2. The van der Waals surface area contributed by atoms with Crippen LogP contribution in [-0.4, -0.2) is 54.5 Å². The van der Waals surface area contributed by atoms with Crippen molar-refractivity contribution in [1.82, 2.24) is 9.80 Å². The van der Waals surface area contributed by atoms with E-state index < -0.39 is 0 Å². The molecule has 0 spiro atoms. The maximum atomic E-state index is 13.6. The first-order valence-corrected chi connectivity index (χ1v) is 12.5. The molecule has 0 saturated heterocycles. The molecule has 2 heterocycles. The predicted octanol–water partition coefficient (Wildman–Crippen LogP) is 4.57. The Labute approximate surface area is 203 Å². The summed E-state index contributed by atoms with van der Waals surface area (Å²) < 4.78 is 11.6. The van der Waals surface area contributed by atoms with Crippen LogP contribution in [0, 0.1) is 0 Å². The maximum Gasteiger partial charge on any atom is 0.254 e. The van der Waals surface area contributed by atoms with Crippen molar-refractivity contribution in [2.45, 2.75) is 31.3 Å². The zero-order chi connectivity index (χ0) is 23.5. The lowest BCUT2D eigenvalue weighted by Gasteiger charge is -2.37. The van der Waals surface area contributed by atoms with Crippen LogP contribution in [0.5, 0.6) is 11.5 Å². The largest absolute Gasteiger partial charge is 0.493 e. The monoisotopic (exact) mass is 476 g/mol. The minimum absolute atomic E-state index is 0.0401. The number of ether oxygens (including phenoxy) is 2. The van der Waals surface area contributed by atoms with Gasteiger partial charge in [0.05, 0.1) is 13.2 Å². The molecule has 1 fully saturated rings. The van der Waals surface area contributed by atoms with Gasteiger partial charge >= 0.3 is 0 Å². The summed E-state index contributed by atoms with van der Waals surface area (Å²) >= 11 is 1.72. The van der Waals surface area contributed by atoms with Crippen molar-refractivity contribution in [1.29, 1.82) is 0 Å². The second-order valence-corrected chi connectivity index (χ2v) is 9.64. The number of amides is 2. The third-order valence-corrected chi connectivity index (χ3v) is 7.45. The number of benzene rings is 2. The number of hydrogen-bond acceptors (Lipinski definition) is 5. The predicted molar refractivity (Wildman–Crippen MR) is 131 cm³/mol. The Balaban J connectivity index is 1.35. The van der Waals surface area contributed by atoms with Crippen LogP contribution in [0.2, 0.25) is 0 Å². The molecule has 1 aliphatic heterocycles. The van der Waals surface area contributed by atoms with Gasteiger partial charge in [-0.25, -0.2) is 0 Å². The van der Waals surface area contributed by atoms with Gasteiger partial charge in [0, 0.05) is 23.0 Å². The van der Waals surface area contributed by atoms with Crippen molar-refractivity contribution in [2.24, 2.45) is 0 Å². The van der Waals surface area contributed by atoms with Gasteiger partial charge in [-0.05, 0) is 60.5 Å². The fourth-order valence-electron chi connectivity index (χ4n) is 4.52. The molecule has 176 valence electrons. The molecular formula is C27H28N2O4S. The van der Waals surface area contributed by atoms with E-state index in [2.05, 4.69) is 11.4 Å². The SMILES string of the molecule is COc1ccccc1OC[C@@H]1c2ccsc2CCN1C(=O)CN(C(=O)c1ccccc1)C1CC1. The molecule has 1 atom stereocenters. The highest BCUT2D eigenvalue weighted by Crippen LogP contribution is 2.36. The van der Waals surface area contributed by atoms with E-state index in [9.17, 15) is 9.59 Å². The van der Waals surface area contributed by atoms with E-state index in [-0.39, 0.29) is 30.4 Å². The fourth-order valence-corrected chi connectivity index (χ4v) is 5.45. The average Bonchev–Trinajstić information content (AvgIpc) is 3.61. The van der Waals surface area contributed by atoms with Crippen LogP contribution in [0.4, 0.5) is 0 Å². The Morgan fingerprint density at radius 1 is 1.03 bits per heavy atom. The van der Waals surface area contributed by atoms with E-state index >= 15 is 0 Å². The van der Waals surface area contributed by atoms with E-state index in [1.807, 2.05) is 59.5 Å². The van der Waals surface area contributed by atoms with E-state index in [4.69, 9.17) is 9.47 Å². The highest BCUT2D eigenvalue weighted by Gasteiger charge is 2.38. The van der Waals surface area contributed by atoms with Crippen molar-refractivity contribution < 1.29 is 19.1 Å². The molecule has 0 N–H and O–H groups in total. The molecule has 0 unspecified atom stereocenters. The first-order chi connectivity index (χ1) is 16.7. The molecule has 2 aliphatic rings. The summed E-state index contributed by atoms with van der Waals surface area (Å²) in [7, 11) is 1.62. The lowest BCUT2D eigenvalue weighted by atomic mass is 10.0. The quantitative estimate of drug-likeness (QED) is 0.478. The lowest BCUT2D eigenvalue weighted by molar-refractivity contribution is -0.135. The van der Waals surface area contributed by atoms with E-state index in [1.54, 1.807) is 23.3 Å². The van der Waals surface area contributed by atoms with Gasteiger partial charge in [-0.2, -0.15) is 0 Å². The number of nitrogens with zero attached hydrogens (tertiary/aromatic N) is 2. The maximum absolute atomic E-state index is 13.6. The van der Waals surface area contributed by atoms with Crippen molar-refractivity contribution in [3.05, 3.63) is 82.0 Å². The van der Waals surface area contributed by atoms with Crippen molar-refractivity contribution >= 4 is 23.2 Å². The molecule has 2 amide bonds. The van der Waals surface area contributed by atoms with Gasteiger partial charge in [0.1, 0.15) is 13.2 Å². The van der Waals surface area contributed by atoms with Crippen LogP contribution in [0.15, 0.2) is 66.0 Å². The molecule has 5 rings (SSSR count). The molecule has 0 radical (unpaired) electrons. The summed E-state index contributed by atoms with van der Waals surface area (Å²) in [5.74, 6) is 1.20. The van der Waals surface area contributed by atoms with Gasteiger partial charge in [-0.15, -0.1) is 11.3 Å². The molecule has 0 bridgehead atoms. The van der Waals surface area contributed by atoms with Crippen LogP contribution in [0.1, 0.15) is 39.7 Å². The van der Waals surface area contributed by atoms with E-state index in [0.717, 1.165) is 24.8 Å². The highest BCUT2D eigenvalue weighted by atomic mass is 32.1. The number of rotatable bonds is 8. The minimum Gasteiger partial charge on any atom is -0.493 e. The molecule has 6 nitrogen and oxygen atoms in total. The summed E-state index contributed by atoms with van der Waals surface area (Å²) in [6, 6.07) is 18.8. The zero-order valence-corrected chi connectivity index (χ0v) is 20.0. The number of hydrogen-bond donors (Lipinski definition) is 0. The molecule has 1 aliphatic carbocycles. The van der Waals surface area contributed by atoms with Crippen LogP contribution in [0.3, 0.4) is 0 Å². The Kier molecular flexibility index (Phi) is 6.54. The fraction of sp³-hybridized carbons (Fsp3) is 0.333. The van der Waals surface area contributed by atoms with Crippen molar-refractivity contribution in [3.63, 3.8) is 0 Å². The first kappa shape index (κ1) is 22.5. The summed E-state index contributed by atoms with van der Waals surface area (Å²) in [4.78, 5) is 31.7. The normalized spacial score (nSPS) is 17.1. The Morgan fingerprint density at radius 2 is 1.76 bits per heavy atom. The van der Waals surface area contributed by atoms with Gasteiger partial charge in [-0.3, -0.25) is 9.59 Å². The second kappa shape index (κ2) is 9.89. The minimum atomic E-state index is -0.208. The van der Waals surface area contributed by atoms with Crippen LogP contribution in [0.25, 0.3) is 0 Å². The molecule has 34 heavy (non-hydrogen) atoms. The Hall–Kier alpha value is -3.32. The van der Waals surface area contributed by atoms with Gasteiger partial charge in [0.15, 0.2) is 11.5 Å². The highest BCUT2D eigenvalue weighted by molar-refractivity contribution is 7.10. The van der Waals surface area contributed by atoms with Gasteiger partial charge in [0.25, 0.3) is 5.91 Å². The summed E-state index contributed by atoms with van der Waals surface area (Å²) in [5.41, 5.74) is 1.75. The standard InChI is InChI=1S/C27H28N2O4S/c1-32-23-9-5-6-10-24(23)33-18-22-21-14-16-34-25(21)13-15-28(22)26(30)17-29(20-11-12-20)27(31)19-7-3-2-4-8-19/h2-10,14,16,20,22H,11-13,15,17-18H2,1H3/t22-/m1/s1. The Bertz CT molecular complexity index is 1160. The lowest BCUT2D eigenvalue weighted by Crippen LogP contribution is -2.48. The number of carbonyl (C=O) groups excluding carboxylic acids is 2. The van der Waals surface area contributed by atoms with Gasteiger partial charge < -0.3 is 19.3 Å². The molecule has 1 saturated carbocycles. The van der Waals surface area contributed by atoms with Crippen molar-refractivity contribution in [2.75, 3.05) is 26.8 Å². The van der Waals surface area contributed by atoms with E-state index in [0.29, 0.717) is 30.2 Å². The number of para-hydroxylation sites is 2. The smallest absolute Gasteiger partial charge is 0.254 e. The first-order valence-electron chi connectivity index (χ1n) is 11.6. The van der Waals surface area contributed by atoms with Crippen LogP contribution in [-0.2, 0) is 11.2 Å². The van der Waals surface area contributed by atoms with Crippen LogP contribution < -0.4 is 9.47 Å². The topological polar surface area (TPSA) is 59.1 Å². The molecule has 7 heteroatoms. The Morgan fingerprint density at radius 3 is 2.50 bits per heavy atom. The summed E-state index contributed by atoms with van der Waals surface area (Å²) in [5, 5.41) is 2.07. The molecule has 3 aromatic rings. The van der Waals surface area contributed by atoms with Gasteiger partial charge in [0.2, 0.25) is 5.91 Å².